The van der Waals surface area contributed by atoms with Crippen molar-refractivity contribution >= 4 is 5.84 Å². The van der Waals surface area contributed by atoms with Crippen LogP contribution < -0.4 is 10.5 Å². The molecule has 0 atom stereocenters. The van der Waals surface area contributed by atoms with E-state index in [0.717, 1.165) is 11.1 Å². The lowest BCUT2D eigenvalue weighted by molar-refractivity contribution is 0.450. The summed E-state index contributed by atoms with van der Waals surface area (Å²) in [6.07, 6.45) is 1.48. The van der Waals surface area contributed by atoms with E-state index in [2.05, 4.69) is 10.2 Å². The first kappa shape index (κ1) is 12.0. The van der Waals surface area contributed by atoms with Crippen LogP contribution in [0, 0.1) is 19.3 Å². The Morgan fingerprint density at radius 2 is 2.06 bits per heavy atom. The van der Waals surface area contributed by atoms with Crippen LogP contribution in [0.4, 0.5) is 0 Å². The van der Waals surface area contributed by atoms with Crippen molar-refractivity contribution in [2.45, 2.75) is 13.8 Å². The number of aromatic nitrogens is 2. The molecule has 0 bridgehead atoms. The van der Waals surface area contributed by atoms with Crippen LogP contribution >= 0.6 is 0 Å². The summed E-state index contributed by atoms with van der Waals surface area (Å²) in [6.45, 7) is 3.97. The first-order valence-corrected chi connectivity index (χ1v) is 5.49. The first-order chi connectivity index (χ1) is 8.59. The minimum atomic E-state index is -0.0924. The maximum Gasteiger partial charge on any atom is 0.249 e. The molecule has 5 heteroatoms. The predicted molar refractivity (Wildman–Crippen MR) is 69.0 cm³/mol. The SMILES string of the molecule is Cc1cccc(Oc2nnccc2C(=N)N)c1C. The van der Waals surface area contributed by atoms with E-state index < -0.39 is 0 Å². The number of aryl methyl sites for hydroxylation is 1. The fourth-order valence-corrected chi connectivity index (χ4v) is 1.54. The summed E-state index contributed by atoms with van der Waals surface area (Å²) in [5.41, 5.74) is 8.06. The van der Waals surface area contributed by atoms with Crippen LogP contribution in [0.2, 0.25) is 0 Å². The van der Waals surface area contributed by atoms with E-state index in [1.165, 1.54) is 6.20 Å². The molecule has 5 nitrogen and oxygen atoms in total. The van der Waals surface area contributed by atoms with Crippen LogP contribution in [0.3, 0.4) is 0 Å². The van der Waals surface area contributed by atoms with Crippen molar-refractivity contribution < 1.29 is 4.74 Å². The highest BCUT2D eigenvalue weighted by Crippen LogP contribution is 2.26. The van der Waals surface area contributed by atoms with Crippen molar-refractivity contribution in [1.29, 1.82) is 5.41 Å². The molecule has 0 aliphatic rings. The van der Waals surface area contributed by atoms with Gasteiger partial charge in [-0.2, -0.15) is 5.10 Å². The number of rotatable bonds is 3. The monoisotopic (exact) mass is 242 g/mol. The molecule has 18 heavy (non-hydrogen) atoms. The largest absolute Gasteiger partial charge is 0.437 e. The van der Waals surface area contributed by atoms with Crippen molar-refractivity contribution in [3.8, 4) is 11.6 Å². The molecule has 1 heterocycles. The number of ether oxygens (including phenoxy) is 1. The molecule has 0 unspecified atom stereocenters. The number of nitrogens with two attached hydrogens (primary N) is 1. The second-order valence-corrected chi connectivity index (χ2v) is 3.96. The highest BCUT2D eigenvalue weighted by molar-refractivity contribution is 5.96. The highest BCUT2D eigenvalue weighted by Gasteiger charge is 2.11. The summed E-state index contributed by atoms with van der Waals surface area (Å²) in [4.78, 5) is 0. The molecule has 3 N–H and O–H groups in total. The second-order valence-electron chi connectivity index (χ2n) is 3.96. The summed E-state index contributed by atoms with van der Waals surface area (Å²) >= 11 is 0. The standard InChI is InChI=1S/C13H14N4O/c1-8-4-3-5-11(9(8)2)18-13-10(12(14)15)6-7-16-17-13/h3-7H,1-2H3,(H3,14,15). The Hall–Kier alpha value is -2.43. The topological polar surface area (TPSA) is 84.9 Å². The van der Waals surface area contributed by atoms with Gasteiger partial charge in [-0.15, -0.1) is 5.10 Å². The van der Waals surface area contributed by atoms with Crippen molar-refractivity contribution in [1.82, 2.24) is 10.2 Å². The number of amidine groups is 1. The van der Waals surface area contributed by atoms with E-state index >= 15 is 0 Å². The molecular weight excluding hydrogens is 228 g/mol. The predicted octanol–water partition coefficient (Wildman–Crippen LogP) is 2.17. The Labute approximate surface area is 105 Å². The van der Waals surface area contributed by atoms with Gasteiger partial charge in [-0.05, 0) is 37.1 Å². The van der Waals surface area contributed by atoms with Crippen LogP contribution in [0.5, 0.6) is 11.6 Å². The lowest BCUT2D eigenvalue weighted by atomic mass is 10.1. The van der Waals surface area contributed by atoms with Gasteiger partial charge >= 0.3 is 0 Å². The third-order valence-corrected chi connectivity index (χ3v) is 2.74. The molecule has 1 aromatic heterocycles. The van der Waals surface area contributed by atoms with Crippen LogP contribution in [-0.4, -0.2) is 16.0 Å². The van der Waals surface area contributed by atoms with Crippen molar-refractivity contribution in [2.24, 2.45) is 5.73 Å². The number of hydrogen-bond acceptors (Lipinski definition) is 4. The van der Waals surface area contributed by atoms with Gasteiger partial charge in [0.2, 0.25) is 5.88 Å². The third kappa shape index (κ3) is 2.29. The minimum absolute atomic E-state index is 0.0924. The summed E-state index contributed by atoms with van der Waals surface area (Å²) in [7, 11) is 0. The van der Waals surface area contributed by atoms with Gasteiger partial charge in [0.15, 0.2) is 0 Å². The van der Waals surface area contributed by atoms with Gasteiger partial charge < -0.3 is 10.5 Å². The van der Waals surface area contributed by atoms with Crippen LogP contribution in [0.15, 0.2) is 30.5 Å². The Morgan fingerprint density at radius 3 is 2.78 bits per heavy atom. The lowest BCUT2D eigenvalue weighted by Gasteiger charge is -2.11. The van der Waals surface area contributed by atoms with Gasteiger partial charge in [-0.1, -0.05) is 12.1 Å². The molecular formula is C13H14N4O. The fraction of sp³-hybridized carbons (Fsp3) is 0.154. The third-order valence-electron chi connectivity index (χ3n) is 2.74. The molecule has 1 aromatic carbocycles. The van der Waals surface area contributed by atoms with Crippen LogP contribution in [-0.2, 0) is 0 Å². The van der Waals surface area contributed by atoms with E-state index in [9.17, 15) is 0 Å². The zero-order valence-corrected chi connectivity index (χ0v) is 10.3. The molecule has 0 spiro atoms. The smallest absolute Gasteiger partial charge is 0.249 e. The Bertz CT molecular complexity index is 595. The van der Waals surface area contributed by atoms with E-state index in [1.54, 1.807) is 6.07 Å². The number of nitrogen functional groups attached to an aromatic ring is 1. The lowest BCUT2D eigenvalue weighted by Crippen LogP contribution is -2.13. The summed E-state index contributed by atoms with van der Waals surface area (Å²) in [6, 6.07) is 7.36. The molecule has 2 rings (SSSR count). The Morgan fingerprint density at radius 1 is 1.28 bits per heavy atom. The van der Waals surface area contributed by atoms with E-state index in [1.807, 2.05) is 32.0 Å². The molecule has 0 amide bonds. The van der Waals surface area contributed by atoms with Gasteiger partial charge in [-0.25, -0.2) is 0 Å². The number of hydrogen-bond donors (Lipinski definition) is 2. The average Bonchev–Trinajstić information content (AvgIpc) is 2.35. The summed E-state index contributed by atoms with van der Waals surface area (Å²) in [5, 5.41) is 15.1. The van der Waals surface area contributed by atoms with Crippen molar-refractivity contribution in [2.75, 3.05) is 0 Å². The van der Waals surface area contributed by atoms with Crippen LogP contribution in [0.25, 0.3) is 0 Å². The van der Waals surface area contributed by atoms with Crippen molar-refractivity contribution in [3.63, 3.8) is 0 Å². The first-order valence-electron chi connectivity index (χ1n) is 5.49. The fourth-order valence-electron chi connectivity index (χ4n) is 1.54. The van der Waals surface area contributed by atoms with Gasteiger partial charge in [0.1, 0.15) is 11.6 Å². The minimum Gasteiger partial charge on any atom is -0.437 e. The zero-order chi connectivity index (χ0) is 13.1. The van der Waals surface area contributed by atoms with Gasteiger partial charge in [0.25, 0.3) is 0 Å². The number of nitrogens with zero attached hydrogens (tertiary/aromatic N) is 2. The Balaban J connectivity index is 2.40. The molecule has 0 saturated carbocycles. The summed E-state index contributed by atoms with van der Waals surface area (Å²) < 4.78 is 5.69. The van der Waals surface area contributed by atoms with E-state index in [0.29, 0.717) is 11.3 Å². The number of nitrogens with one attached hydrogen (secondary N) is 1. The van der Waals surface area contributed by atoms with Crippen molar-refractivity contribution in [3.05, 3.63) is 47.2 Å². The quantitative estimate of drug-likeness (QED) is 0.638. The van der Waals surface area contributed by atoms with E-state index in [-0.39, 0.29) is 11.7 Å². The van der Waals surface area contributed by atoms with Gasteiger partial charge in [-0.3, -0.25) is 5.41 Å². The molecule has 0 aliphatic heterocycles. The molecule has 92 valence electrons. The number of benzene rings is 1. The molecule has 0 radical (unpaired) electrons. The molecule has 2 aromatic rings. The summed E-state index contributed by atoms with van der Waals surface area (Å²) in [5.74, 6) is 0.849. The second kappa shape index (κ2) is 4.83. The molecule has 0 saturated heterocycles. The normalized spacial score (nSPS) is 10.1. The maximum atomic E-state index is 7.47. The molecule has 0 fully saturated rings. The van der Waals surface area contributed by atoms with Crippen LogP contribution in [0.1, 0.15) is 16.7 Å². The Kier molecular flexibility index (Phi) is 3.23. The maximum absolute atomic E-state index is 7.47. The average molecular weight is 242 g/mol. The zero-order valence-electron chi connectivity index (χ0n) is 10.3. The van der Waals surface area contributed by atoms with Gasteiger partial charge in [0, 0.05) is 0 Å². The van der Waals surface area contributed by atoms with E-state index in [4.69, 9.17) is 15.9 Å². The van der Waals surface area contributed by atoms with Gasteiger partial charge in [0.05, 0.1) is 11.8 Å². The highest BCUT2D eigenvalue weighted by atomic mass is 16.5. The molecule has 0 aliphatic carbocycles.